The molecule has 2 aromatic carbocycles. The first-order valence-corrected chi connectivity index (χ1v) is 17.6. The second-order valence-electron chi connectivity index (χ2n) is 11.2. The molecule has 9 nitrogen and oxygen atoms in total. The van der Waals surface area contributed by atoms with Crippen molar-refractivity contribution in [1.82, 2.24) is 14.9 Å². The van der Waals surface area contributed by atoms with Crippen LogP contribution in [-0.2, 0) is 9.30 Å². The number of nitrogens with zero attached hydrogens (tertiary/aromatic N) is 4. The molecule has 1 saturated heterocycles. The molecular formula is C31H44ClN6O3P. The third kappa shape index (κ3) is 8.38. The number of rotatable bonds is 13. The summed E-state index contributed by atoms with van der Waals surface area (Å²) in [5, 5.41) is 7.66. The van der Waals surface area contributed by atoms with E-state index in [4.69, 9.17) is 21.1 Å². The number of anilines is 5. The zero-order valence-corrected chi connectivity index (χ0v) is 27.2. The molecule has 2 N–H and O–H groups in total. The van der Waals surface area contributed by atoms with Crippen molar-refractivity contribution in [2.45, 2.75) is 45.8 Å². The van der Waals surface area contributed by atoms with Crippen molar-refractivity contribution in [3.63, 3.8) is 0 Å². The number of methoxy groups -OCH3 is 1. The molecular weight excluding hydrogens is 571 g/mol. The van der Waals surface area contributed by atoms with Crippen LogP contribution in [0.5, 0.6) is 5.75 Å². The SMILES string of the molecule is CCN(CCOC)C1CCN(c2ccc(Nc3ncc(Cl)c(Nc4ccccc4P(C)(C)=O)n3)cc2OC(C)C)CC1. The fourth-order valence-electron chi connectivity index (χ4n) is 5.30. The van der Waals surface area contributed by atoms with Gasteiger partial charge in [0, 0.05) is 49.8 Å². The van der Waals surface area contributed by atoms with E-state index in [-0.39, 0.29) is 6.10 Å². The van der Waals surface area contributed by atoms with E-state index < -0.39 is 7.14 Å². The van der Waals surface area contributed by atoms with Gasteiger partial charge in [-0.25, -0.2) is 4.98 Å². The molecule has 0 saturated carbocycles. The van der Waals surface area contributed by atoms with Gasteiger partial charge in [-0.1, -0.05) is 30.7 Å². The topological polar surface area (TPSA) is 91.9 Å². The van der Waals surface area contributed by atoms with Gasteiger partial charge in [0.15, 0.2) is 5.82 Å². The first-order valence-electron chi connectivity index (χ1n) is 14.6. The monoisotopic (exact) mass is 614 g/mol. The Hall–Kier alpha value is -2.84. The molecule has 0 unspecified atom stereocenters. The van der Waals surface area contributed by atoms with Crippen LogP contribution in [0.4, 0.5) is 28.8 Å². The summed E-state index contributed by atoms with van der Waals surface area (Å²) < 4.78 is 24.4. The average Bonchev–Trinajstić information content (AvgIpc) is 2.95. The van der Waals surface area contributed by atoms with Gasteiger partial charge in [0.25, 0.3) is 0 Å². The lowest BCUT2D eigenvalue weighted by molar-refractivity contribution is 0.112. The van der Waals surface area contributed by atoms with Crippen molar-refractivity contribution < 1.29 is 14.0 Å². The minimum atomic E-state index is -2.51. The Bertz CT molecular complexity index is 1380. The van der Waals surface area contributed by atoms with E-state index in [1.807, 2.05) is 50.2 Å². The Morgan fingerprint density at radius 3 is 2.55 bits per heavy atom. The molecule has 1 fully saturated rings. The van der Waals surface area contributed by atoms with Gasteiger partial charge in [0.1, 0.15) is 17.9 Å². The van der Waals surface area contributed by atoms with Crippen LogP contribution < -0.4 is 25.6 Å². The van der Waals surface area contributed by atoms with E-state index in [2.05, 4.69) is 43.4 Å². The predicted octanol–water partition coefficient (Wildman–Crippen LogP) is 6.59. The second-order valence-corrected chi connectivity index (χ2v) is 14.8. The standard InChI is InChI=1S/C31H44ClN6O3P/c1-7-37(18-19-40-4)24-14-16-38(17-15-24)27-13-12-23(20-28(27)41-22(2)3)34-31-33-21-25(32)30(36-31)35-26-10-8-9-11-29(26)42(5,6)39/h8-13,20-22,24H,7,14-19H2,1-6H3,(H2,33,34,35,36). The van der Waals surface area contributed by atoms with Gasteiger partial charge in [-0.05, 0) is 70.8 Å². The Morgan fingerprint density at radius 1 is 1.14 bits per heavy atom. The minimum absolute atomic E-state index is 0.0249. The molecule has 0 atom stereocenters. The molecule has 1 aliphatic heterocycles. The largest absolute Gasteiger partial charge is 0.489 e. The molecule has 2 heterocycles. The van der Waals surface area contributed by atoms with Gasteiger partial charge in [-0.3, -0.25) is 4.90 Å². The Balaban J connectivity index is 1.51. The molecule has 11 heteroatoms. The van der Waals surface area contributed by atoms with E-state index in [1.54, 1.807) is 26.6 Å². The van der Waals surface area contributed by atoms with Gasteiger partial charge in [0.05, 0.1) is 30.3 Å². The van der Waals surface area contributed by atoms with Crippen LogP contribution in [0.15, 0.2) is 48.7 Å². The van der Waals surface area contributed by atoms with E-state index >= 15 is 0 Å². The third-order valence-corrected chi connectivity index (χ3v) is 9.20. The number of piperidine rings is 1. The normalized spacial score (nSPS) is 14.5. The van der Waals surface area contributed by atoms with Crippen molar-refractivity contribution in [2.75, 3.05) is 68.8 Å². The average molecular weight is 615 g/mol. The summed E-state index contributed by atoms with van der Waals surface area (Å²) >= 11 is 6.45. The van der Waals surface area contributed by atoms with Gasteiger partial charge >= 0.3 is 0 Å². The number of likely N-dealkylation sites (N-methyl/N-ethyl adjacent to an activating group) is 1. The number of para-hydroxylation sites is 1. The van der Waals surface area contributed by atoms with Crippen molar-refractivity contribution in [1.29, 1.82) is 0 Å². The number of aromatic nitrogens is 2. The molecule has 0 bridgehead atoms. The maximum Gasteiger partial charge on any atom is 0.229 e. The maximum atomic E-state index is 12.8. The lowest BCUT2D eigenvalue weighted by Crippen LogP contribution is -2.46. The first-order chi connectivity index (χ1) is 20.1. The summed E-state index contributed by atoms with van der Waals surface area (Å²) in [5.41, 5.74) is 2.60. The van der Waals surface area contributed by atoms with Crippen molar-refractivity contribution in [3.05, 3.63) is 53.7 Å². The predicted molar refractivity (Wildman–Crippen MR) is 176 cm³/mol. The van der Waals surface area contributed by atoms with E-state index in [1.165, 1.54) is 0 Å². The van der Waals surface area contributed by atoms with Crippen LogP contribution in [0.1, 0.15) is 33.6 Å². The summed E-state index contributed by atoms with van der Waals surface area (Å²) in [6.45, 7) is 14.5. The number of benzene rings is 2. The lowest BCUT2D eigenvalue weighted by atomic mass is 10.0. The second kappa shape index (κ2) is 14.6. The van der Waals surface area contributed by atoms with Crippen LogP contribution in [-0.4, -0.2) is 80.2 Å². The first kappa shape index (κ1) is 32.1. The van der Waals surface area contributed by atoms with Gasteiger partial charge in [-0.15, -0.1) is 0 Å². The number of ether oxygens (including phenoxy) is 2. The molecule has 228 valence electrons. The van der Waals surface area contributed by atoms with Gasteiger partial charge in [-0.2, -0.15) is 4.98 Å². The smallest absolute Gasteiger partial charge is 0.229 e. The molecule has 4 rings (SSSR count). The molecule has 0 radical (unpaired) electrons. The van der Waals surface area contributed by atoms with Crippen molar-refractivity contribution in [2.24, 2.45) is 0 Å². The summed E-state index contributed by atoms with van der Waals surface area (Å²) in [6.07, 6.45) is 3.77. The number of halogens is 1. The molecule has 0 amide bonds. The highest BCUT2D eigenvalue weighted by Gasteiger charge is 2.26. The Kier molecular flexibility index (Phi) is 11.1. The maximum absolute atomic E-state index is 12.8. The summed E-state index contributed by atoms with van der Waals surface area (Å²) in [4.78, 5) is 14.0. The molecule has 3 aromatic rings. The minimum Gasteiger partial charge on any atom is -0.489 e. The third-order valence-electron chi connectivity index (χ3n) is 7.37. The van der Waals surface area contributed by atoms with Crippen molar-refractivity contribution >= 4 is 52.9 Å². The molecule has 42 heavy (non-hydrogen) atoms. The zero-order valence-electron chi connectivity index (χ0n) is 25.6. The summed E-state index contributed by atoms with van der Waals surface area (Å²) in [6, 6.07) is 14.2. The highest BCUT2D eigenvalue weighted by atomic mass is 35.5. The molecule has 0 spiro atoms. The Labute approximate surface area is 255 Å². The number of nitrogens with one attached hydrogen (secondary N) is 2. The fraction of sp³-hybridized carbons (Fsp3) is 0.484. The van der Waals surface area contributed by atoms with Gasteiger partial charge in [0.2, 0.25) is 5.95 Å². The van der Waals surface area contributed by atoms with E-state index in [0.717, 1.165) is 68.1 Å². The highest BCUT2D eigenvalue weighted by Crippen LogP contribution is 2.39. The van der Waals surface area contributed by atoms with Crippen LogP contribution in [0, 0.1) is 0 Å². The quantitative estimate of drug-likeness (QED) is 0.207. The summed E-state index contributed by atoms with van der Waals surface area (Å²) in [7, 11) is -0.752. The fourth-order valence-corrected chi connectivity index (χ4v) is 6.60. The summed E-state index contributed by atoms with van der Waals surface area (Å²) in [5.74, 6) is 1.64. The molecule has 0 aliphatic carbocycles. The molecule has 1 aromatic heterocycles. The number of hydrogen-bond donors (Lipinski definition) is 2. The van der Waals surface area contributed by atoms with Gasteiger partial charge < -0.3 is 29.6 Å². The van der Waals surface area contributed by atoms with Crippen LogP contribution in [0.25, 0.3) is 0 Å². The van der Waals surface area contributed by atoms with E-state index in [0.29, 0.717) is 28.5 Å². The number of hydrogen-bond acceptors (Lipinski definition) is 9. The lowest BCUT2D eigenvalue weighted by Gasteiger charge is -2.39. The highest BCUT2D eigenvalue weighted by molar-refractivity contribution is 7.70. The Morgan fingerprint density at radius 2 is 1.88 bits per heavy atom. The van der Waals surface area contributed by atoms with Crippen LogP contribution in [0.2, 0.25) is 5.02 Å². The van der Waals surface area contributed by atoms with Crippen LogP contribution >= 0.6 is 18.7 Å². The van der Waals surface area contributed by atoms with Crippen molar-refractivity contribution in [3.8, 4) is 5.75 Å². The van der Waals surface area contributed by atoms with Crippen LogP contribution in [0.3, 0.4) is 0 Å². The zero-order chi connectivity index (χ0) is 30.3. The van der Waals surface area contributed by atoms with E-state index in [9.17, 15) is 4.57 Å². The molecule has 1 aliphatic rings.